The first-order valence-electron chi connectivity index (χ1n) is 7.25. The third kappa shape index (κ3) is 3.34. The van der Waals surface area contributed by atoms with Crippen molar-refractivity contribution in [3.8, 4) is 0 Å². The number of fused-ring (bicyclic) bond motifs is 1. The van der Waals surface area contributed by atoms with Gasteiger partial charge in [0.1, 0.15) is 12.1 Å². The lowest BCUT2D eigenvalue weighted by Gasteiger charge is -2.20. The summed E-state index contributed by atoms with van der Waals surface area (Å²) in [7, 11) is -1.41. The van der Waals surface area contributed by atoms with Crippen LogP contribution in [0.1, 0.15) is 5.56 Å². The van der Waals surface area contributed by atoms with E-state index in [-0.39, 0.29) is 4.90 Å². The molecule has 1 heterocycles. The van der Waals surface area contributed by atoms with E-state index in [2.05, 4.69) is 9.97 Å². The van der Waals surface area contributed by atoms with Crippen molar-refractivity contribution in [2.75, 3.05) is 18.2 Å². The van der Waals surface area contributed by atoms with Gasteiger partial charge in [0.15, 0.2) is 9.84 Å². The number of anilines is 1. The standard InChI is InChI=1S/C17H16ClN3O2S/c1-21(10-12-5-3-4-6-15(12)18)17-14-9-13(24(2,22)23)7-8-16(14)19-11-20-17/h3-9,11H,10H2,1-2H3. The van der Waals surface area contributed by atoms with Gasteiger partial charge < -0.3 is 4.90 Å². The molecule has 1 aromatic heterocycles. The quantitative estimate of drug-likeness (QED) is 0.713. The Morgan fingerprint density at radius 2 is 1.88 bits per heavy atom. The molecule has 0 fully saturated rings. The number of benzene rings is 2. The number of halogens is 1. The lowest BCUT2D eigenvalue weighted by molar-refractivity contribution is 0.602. The molecule has 0 saturated carbocycles. The average Bonchev–Trinajstić information content (AvgIpc) is 2.55. The van der Waals surface area contributed by atoms with Gasteiger partial charge in [-0.15, -0.1) is 0 Å². The van der Waals surface area contributed by atoms with E-state index < -0.39 is 9.84 Å². The molecule has 24 heavy (non-hydrogen) atoms. The van der Waals surface area contributed by atoms with E-state index in [1.165, 1.54) is 12.6 Å². The molecule has 0 amide bonds. The first-order valence-corrected chi connectivity index (χ1v) is 9.52. The van der Waals surface area contributed by atoms with Gasteiger partial charge in [-0.1, -0.05) is 29.8 Å². The smallest absolute Gasteiger partial charge is 0.175 e. The van der Waals surface area contributed by atoms with Crippen LogP contribution < -0.4 is 4.90 Å². The van der Waals surface area contributed by atoms with Gasteiger partial charge in [-0.3, -0.25) is 0 Å². The summed E-state index contributed by atoms with van der Waals surface area (Å²) in [5.74, 6) is 0.658. The van der Waals surface area contributed by atoms with Gasteiger partial charge in [0.05, 0.1) is 10.4 Å². The van der Waals surface area contributed by atoms with Gasteiger partial charge >= 0.3 is 0 Å². The third-order valence-electron chi connectivity index (χ3n) is 3.74. The normalized spacial score (nSPS) is 11.6. The summed E-state index contributed by atoms with van der Waals surface area (Å²) < 4.78 is 23.6. The van der Waals surface area contributed by atoms with Crippen LogP contribution in [0.15, 0.2) is 53.7 Å². The number of hydrogen-bond donors (Lipinski definition) is 0. The van der Waals surface area contributed by atoms with Gasteiger partial charge in [-0.05, 0) is 29.8 Å². The van der Waals surface area contributed by atoms with Gasteiger partial charge in [-0.25, -0.2) is 18.4 Å². The molecule has 5 nitrogen and oxygen atoms in total. The van der Waals surface area contributed by atoms with Crippen LogP contribution in [0.5, 0.6) is 0 Å². The SMILES string of the molecule is CN(Cc1ccccc1Cl)c1ncnc2ccc(S(C)(=O)=O)cc12. The number of hydrogen-bond acceptors (Lipinski definition) is 5. The maximum absolute atomic E-state index is 11.8. The van der Waals surface area contributed by atoms with Crippen LogP contribution in [-0.2, 0) is 16.4 Å². The summed E-state index contributed by atoms with van der Waals surface area (Å²) in [6.45, 7) is 0.550. The van der Waals surface area contributed by atoms with Crippen molar-refractivity contribution in [3.63, 3.8) is 0 Å². The Bertz CT molecular complexity index is 1010. The molecule has 124 valence electrons. The topological polar surface area (TPSA) is 63.2 Å². The van der Waals surface area contributed by atoms with Crippen molar-refractivity contribution in [1.82, 2.24) is 9.97 Å². The number of rotatable bonds is 4. The van der Waals surface area contributed by atoms with Crippen molar-refractivity contribution in [3.05, 3.63) is 59.4 Å². The maximum atomic E-state index is 11.8. The lowest BCUT2D eigenvalue weighted by atomic mass is 10.2. The number of aromatic nitrogens is 2. The zero-order chi connectivity index (χ0) is 17.3. The molecule has 0 unspecified atom stereocenters. The number of nitrogens with zero attached hydrogens (tertiary/aromatic N) is 3. The predicted octanol–water partition coefficient (Wildman–Crippen LogP) is 3.32. The molecule has 0 radical (unpaired) electrons. The third-order valence-corrected chi connectivity index (χ3v) is 5.22. The van der Waals surface area contributed by atoms with Crippen molar-refractivity contribution in [2.45, 2.75) is 11.4 Å². The highest BCUT2D eigenvalue weighted by molar-refractivity contribution is 7.90. The molecule has 0 aliphatic carbocycles. The van der Waals surface area contributed by atoms with E-state index in [0.717, 1.165) is 5.56 Å². The molecule has 0 saturated heterocycles. The Morgan fingerprint density at radius 1 is 1.12 bits per heavy atom. The van der Waals surface area contributed by atoms with Crippen LogP contribution in [0.4, 0.5) is 5.82 Å². The molecule has 0 aliphatic heterocycles. The second-order valence-electron chi connectivity index (χ2n) is 5.60. The predicted molar refractivity (Wildman–Crippen MR) is 96.2 cm³/mol. The van der Waals surface area contributed by atoms with Gasteiger partial charge in [0.25, 0.3) is 0 Å². The molecular weight excluding hydrogens is 346 g/mol. The van der Waals surface area contributed by atoms with Crippen LogP contribution in [0.2, 0.25) is 5.02 Å². The van der Waals surface area contributed by atoms with E-state index in [0.29, 0.717) is 28.3 Å². The van der Waals surface area contributed by atoms with Gasteiger partial charge in [0.2, 0.25) is 0 Å². The minimum absolute atomic E-state index is 0.247. The fraction of sp³-hybridized carbons (Fsp3) is 0.176. The van der Waals surface area contributed by atoms with Crippen molar-refractivity contribution in [2.24, 2.45) is 0 Å². The van der Waals surface area contributed by atoms with Gasteiger partial charge in [0, 0.05) is 30.3 Å². The summed E-state index contributed by atoms with van der Waals surface area (Å²) >= 11 is 6.22. The molecule has 0 N–H and O–H groups in total. The Balaban J connectivity index is 2.06. The monoisotopic (exact) mass is 361 g/mol. The van der Waals surface area contributed by atoms with Crippen LogP contribution in [0, 0.1) is 0 Å². The second kappa shape index (κ2) is 6.37. The highest BCUT2D eigenvalue weighted by Gasteiger charge is 2.14. The molecule has 0 spiro atoms. The molecule has 0 bridgehead atoms. The van der Waals surface area contributed by atoms with Crippen molar-refractivity contribution >= 4 is 38.2 Å². The Morgan fingerprint density at radius 3 is 2.58 bits per heavy atom. The van der Waals surface area contributed by atoms with E-state index in [1.54, 1.807) is 18.2 Å². The maximum Gasteiger partial charge on any atom is 0.175 e. The Labute approximate surface area is 145 Å². The summed E-state index contributed by atoms with van der Waals surface area (Å²) in [6, 6.07) is 12.5. The first-order chi connectivity index (χ1) is 11.4. The summed E-state index contributed by atoms with van der Waals surface area (Å²) in [6.07, 6.45) is 2.66. The highest BCUT2D eigenvalue weighted by Crippen LogP contribution is 2.27. The molecular formula is C17H16ClN3O2S. The summed E-state index contributed by atoms with van der Waals surface area (Å²) in [4.78, 5) is 10.7. The van der Waals surface area contributed by atoms with Crippen molar-refractivity contribution in [1.29, 1.82) is 0 Å². The minimum Gasteiger partial charge on any atom is -0.355 e. The van der Waals surface area contributed by atoms with Crippen LogP contribution in [0.3, 0.4) is 0 Å². The molecule has 0 aliphatic rings. The van der Waals surface area contributed by atoms with E-state index in [1.807, 2.05) is 36.2 Å². The molecule has 3 aromatic rings. The summed E-state index contributed by atoms with van der Waals surface area (Å²) in [5.41, 5.74) is 1.66. The minimum atomic E-state index is -3.30. The zero-order valence-corrected chi connectivity index (χ0v) is 14.8. The Hall–Kier alpha value is -2.18. The summed E-state index contributed by atoms with van der Waals surface area (Å²) in [5, 5.41) is 1.37. The lowest BCUT2D eigenvalue weighted by Crippen LogP contribution is -2.18. The van der Waals surface area contributed by atoms with E-state index in [9.17, 15) is 8.42 Å². The molecule has 7 heteroatoms. The van der Waals surface area contributed by atoms with Crippen LogP contribution >= 0.6 is 11.6 Å². The van der Waals surface area contributed by atoms with Crippen molar-refractivity contribution < 1.29 is 8.42 Å². The number of sulfone groups is 1. The fourth-order valence-corrected chi connectivity index (χ4v) is 3.36. The van der Waals surface area contributed by atoms with Crippen LogP contribution in [0.25, 0.3) is 10.9 Å². The van der Waals surface area contributed by atoms with Gasteiger partial charge in [-0.2, -0.15) is 0 Å². The fourth-order valence-electron chi connectivity index (χ4n) is 2.51. The zero-order valence-electron chi connectivity index (χ0n) is 13.3. The van der Waals surface area contributed by atoms with E-state index >= 15 is 0 Å². The molecule has 2 aromatic carbocycles. The average molecular weight is 362 g/mol. The highest BCUT2D eigenvalue weighted by atomic mass is 35.5. The first kappa shape index (κ1) is 16.7. The Kier molecular flexibility index (Phi) is 4.43. The second-order valence-corrected chi connectivity index (χ2v) is 8.02. The largest absolute Gasteiger partial charge is 0.355 e. The van der Waals surface area contributed by atoms with E-state index in [4.69, 9.17) is 11.6 Å². The van der Waals surface area contributed by atoms with Crippen LogP contribution in [-0.4, -0.2) is 31.7 Å². The molecule has 3 rings (SSSR count). The molecule has 0 atom stereocenters.